The van der Waals surface area contributed by atoms with E-state index in [2.05, 4.69) is 31.3 Å². The van der Waals surface area contributed by atoms with Gasteiger partial charge in [0.25, 0.3) is 10.1 Å². The van der Waals surface area contributed by atoms with Gasteiger partial charge >= 0.3 is 0 Å². The summed E-state index contributed by atoms with van der Waals surface area (Å²) in [6.45, 7) is 4.45. The highest BCUT2D eigenvalue weighted by Crippen LogP contribution is 2.16. The molecule has 0 heterocycles. The first-order valence-corrected chi connectivity index (χ1v) is 21.1. The summed E-state index contributed by atoms with van der Waals surface area (Å²) in [7, 11) is -4.40. The van der Waals surface area contributed by atoms with Crippen molar-refractivity contribution in [1.29, 1.82) is 0 Å². The molecule has 0 rings (SSSR count). The van der Waals surface area contributed by atoms with Crippen molar-refractivity contribution in [1.82, 2.24) is 5.32 Å². The Morgan fingerprint density at radius 1 is 0.565 bits per heavy atom. The Hall–Kier alpha value is -0.960. The molecule has 3 atom stereocenters. The van der Waals surface area contributed by atoms with Crippen LogP contribution >= 0.6 is 0 Å². The molecule has 0 fully saturated rings. The fourth-order valence-electron chi connectivity index (χ4n) is 6.03. The monoisotopic (exact) mass is 674 g/mol. The standard InChI is InChI=1S/C38H75NO6S/c1-3-5-7-9-11-13-15-16-17-18-19-20-21-22-23-25-26-28-30-32-36(40)35(34-46(43,44)45)39-38(42)37(41)33-31-29-27-24-14-12-10-8-6-4-2/h10,12,35-37,40-41H,3-9,11,13-34H2,1-2H3,(H,39,42)(H,43,44,45)/b12-10-. The van der Waals surface area contributed by atoms with Crippen molar-refractivity contribution in [2.24, 2.45) is 0 Å². The second kappa shape index (κ2) is 32.6. The molecule has 7 nitrogen and oxygen atoms in total. The third kappa shape index (κ3) is 31.6. The largest absolute Gasteiger partial charge is 0.391 e. The van der Waals surface area contributed by atoms with E-state index in [0.717, 1.165) is 51.4 Å². The van der Waals surface area contributed by atoms with Crippen LogP contribution in [0.2, 0.25) is 0 Å². The van der Waals surface area contributed by atoms with Gasteiger partial charge in [-0.2, -0.15) is 8.42 Å². The first-order valence-electron chi connectivity index (χ1n) is 19.5. The number of nitrogens with one attached hydrogen (secondary N) is 1. The molecule has 1 amide bonds. The number of hydrogen-bond donors (Lipinski definition) is 4. The minimum atomic E-state index is -4.40. The predicted octanol–water partition coefficient (Wildman–Crippen LogP) is 9.99. The molecule has 0 aliphatic heterocycles. The number of carbonyl (C=O) groups is 1. The maximum Gasteiger partial charge on any atom is 0.266 e. The van der Waals surface area contributed by atoms with E-state index in [1.54, 1.807) is 0 Å². The van der Waals surface area contributed by atoms with Gasteiger partial charge in [-0.1, -0.05) is 180 Å². The van der Waals surface area contributed by atoms with Crippen molar-refractivity contribution in [2.45, 2.75) is 218 Å². The van der Waals surface area contributed by atoms with Crippen LogP contribution in [0.4, 0.5) is 0 Å². The van der Waals surface area contributed by atoms with Crippen LogP contribution in [0.3, 0.4) is 0 Å². The molecule has 274 valence electrons. The van der Waals surface area contributed by atoms with Crippen LogP contribution in [0.25, 0.3) is 0 Å². The van der Waals surface area contributed by atoms with Gasteiger partial charge in [-0.05, 0) is 32.1 Å². The first kappa shape index (κ1) is 45.0. The van der Waals surface area contributed by atoms with Crippen molar-refractivity contribution >= 4 is 16.0 Å². The molecule has 0 saturated carbocycles. The van der Waals surface area contributed by atoms with E-state index in [1.807, 2.05) is 0 Å². The quantitative estimate of drug-likeness (QED) is 0.0302. The molecular formula is C38H75NO6S. The van der Waals surface area contributed by atoms with E-state index in [9.17, 15) is 28.0 Å². The highest BCUT2D eigenvalue weighted by atomic mass is 32.2. The topological polar surface area (TPSA) is 124 Å². The number of aliphatic hydroxyl groups excluding tert-OH is 2. The molecule has 46 heavy (non-hydrogen) atoms. The smallest absolute Gasteiger partial charge is 0.266 e. The van der Waals surface area contributed by atoms with Gasteiger partial charge in [0.15, 0.2) is 0 Å². The Morgan fingerprint density at radius 2 is 0.935 bits per heavy atom. The van der Waals surface area contributed by atoms with Crippen LogP contribution in [0.15, 0.2) is 12.2 Å². The lowest BCUT2D eigenvalue weighted by Gasteiger charge is -2.24. The molecule has 0 aromatic heterocycles. The summed E-state index contributed by atoms with van der Waals surface area (Å²) < 4.78 is 32.5. The van der Waals surface area contributed by atoms with E-state index in [-0.39, 0.29) is 6.42 Å². The minimum Gasteiger partial charge on any atom is -0.391 e. The highest BCUT2D eigenvalue weighted by molar-refractivity contribution is 7.85. The van der Waals surface area contributed by atoms with E-state index in [1.165, 1.54) is 109 Å². The Kier molecular flexibility index (Phi) is 31.9. The molecule has 0 radical (unpaired) electrons. The van der Waals surface area contributed by atoms with Gasteiger partial charge < -0.3 is 15.5 Å². The maximum absolute atomic E-state index is 12.5. The Labute approximate surface area is 284 Å². The van der Waals surface area contributed by atoms with Crippen LogP contribution < -0.4 is 5.32 Å². The van der Waals surface area contributed by atoms with Crippen molar-refractivity contribution in [3.8, 4) is 0 Å². The molecule has 0 spiro atoms. The van der Waals surface area contributed by atoms with Gasteiger partial charge in [0.2, 0.25) is 5.91 Å². The molecule has 0 saturated heterocycles. The molecule has 0 aromatic rings. The van der Waals surface area contributed by atoms with E-state index < -0.39 is 40.0 Å². The van der Waals surface area contributed by atoms with Crippen LogP contribution in [-0.2, 0) is 14.9 Å². The summed E-state index contributed by atoms with van der Waals surface area (Å²) >= 11 is 0. The van der Waals surface area contributed by atoms with Gasteiger partial charge in [0.1, 0.15) is 6.10 Å². The van der Waals surface area contributed by atoms with Crippen LogP contribution in [0, 0.1) is 0 Å². The number of aliphatic hydroxyl groups is 2. The van der Waals surface area contributed by atoms with Crippen LogP contribution in [0.5, 0.6) is 0 Å². The average Bonchev–Trinajstić information content (AvgIpc) is 3.01. The summed E-state index contributed by atoms with van der Waals surface area (Å²) in [5.74, 6) is -1.46. The van der Waals surface area contributed by atoms with Gasteiger partial charge in [0.05, 0.1) is 17.9 Å². The molecule has 0 aliphatic rings. The van der Waals surface area contributed by atoms with Crippen LogP contribution in [-0.4, -0.2) is 53.1 Å². The lowest BCUT2D eigenvalue weighted by molar-refractivity contribution is -0.131. The number of rotatable bonds is 35. The lowest BCUT2D eigenvalue weighted by atomic mass is 10.0. The zero-order valence-electron chi connectivity index (χ0n) is 30.1. The molecule has 4 N–H and O–H groups in total. The zero-order valence-corrected chi connectivity index (χ0v) is 30.9. The summed E-state index contributed by atoms with van der Waals surface area (Å²) in [6, 6.07) is -1.15. The number of allylic oxidation sites excluding steroid dienone is 2. The second-order valence-corrected chi connectivity index (χ2v) is 15.2. The number of carbonyl (C=O) groups excluding carboxylic acids is 1. The third-order valence-electron chi connectivity index (χ3n) is 9.08. The van der Waals surface area contributed by atoms with E-state index >= 15 is 0 Å². The van der Waals surface area contributed by atoms with Gasteiger partial charge in [-0.3, -0.25) is 9.35 Å². The molecule has 3 unspecified atom stereocenters. The number of unbranched alkanes of at least 4 members (excludes halogenated alkanes) is 24. The minimum absolute atomic E-state index is 0.284. The molecule has 0 aliphatic carbocycles. The zero-order chi connectivity index (χ0) is 34.1. The predicted molar refractivity (Wildman–Crippen MR) is 195 cm³/mol. The summed E-state index contributed by atoms with van der Waals surface area (Å²) in [5, 5.41) is 23.4. The van der Waals surface area contributed by atoms with Gasteiger partial charge in [-0.25, -0.2) is 0 Å². The number of hydrogen-bond acceptors (Lipinski definition) is 5. The van der Waals surface area contributed by atoms with Gasteiger partial charge in [-0.15, -0.1) is 0 Å². The summed E-state index contributed by atoms with van der Waals surface area (Å²) in [4.78, 5) is 12.5. The Balaban J connectivity index is 3.95. The van der Waals surface area contributed by atoms with Crippen molar-refractivity contribution in [3.05, 3.63) is 12.2 Å². The molecule has 8 heteroatoms. The molecule has 0 aromatic carbocycles. The van der Waals surface area contributed by atoms with Crippen LogP contribution in [0.1, 0.15) is 200 Å². The molecule has 0 bridgehead atoms. The summed E-state index contributed by atoms with van der Waals surface area (Å²) in [5.41, 5.74) is 0. The fourth-order valence-corrected chi connectivity index (χ4v) is 6.79. The van der Waals surface area contributed by atoms with E-state index in [4.69, 9.17) is 0 Å². The molecular weight excluding hydrogens is 598 g/mol. The average molecular weight is 674 g/mol. The lowest BCUT2D eigenvalue weighted by Crippen LogP contribution is -2.50. The fraction of sp³-hybridized carbons (Fsp3) is 0.921. The Bertz CT molecular complexity index is 803. The second-order valence-electron chi connectivity index (χ2n) is 13.7. The maximum atomic E-state index is 12.5. The number of amides is 1. The van der Waals surface area contributed by atoms with Crippen molar-refractivity contribution < 1.29 is 28.0 Å². The summed E-state index contributed by atoms with van der Waals surface area (Å²) in [6.07, 6.45) is 35.2. The highest BCUT2D eigenvalue weighted by Gasteiger charge is 2.28. The normalized spacial score (nSPS) is 14.1. The van der Waals surface area contributed by atoms with E-state index in [0.29, 0.717) is 19.3 Å². The Morgan fingerprint density at radius 3 is 1.37 bits per heavy atom. The van der Waals surface area contributed by atoms with Crippen molar-refractivity contribution in [2.75, 3.05) is 5.75 Å². The van der Waals surface area contributed by atoms with Gasteiger partial charge in [0, 0.05) is 0 Å². The van der Waals surface area contributed by atoms with Crippen molar-refractivity contribution in [3.63, 3.8) is 0 Å². The SMILES string of the molecule is CCCC/C=C\CCCCCCC(O)C(=O)NC(CS(=O)(=O)O)C(O)CCCCCCCCCCCCCCCCCCCCC. The first-order chi connectivity index (χ1) is 22.2. The third-order valence-corrected chi connectivity index (χ3v) is 9.86.